The molecule has 5 heteroatoms. The Kier molecular flexibility index (Phi) is 2.53. The first-order valence-corrected chi connectivity index (χ1v) is 5.01. The minimum atomic E-state index is -0.688. The molecule has 1 N–H and O–H groups in total. The lowest BCUT2D eigenvalue weighted by molar-refractivity contribution is -0.121. The van der Waals surface area contributed by atoms with Crippen LogP contribution in [-0.2, 0) is 4.79 Å². The molecule has 1 unspecified atom stereocenters. The van der Waals surface area contributed by atoms with Gasteiger partial charge < -0.3 is 10.2 Å². The third kappa shape index (κ3) is 1.62. The molecule has 0 aliphatic carbocycles. The van der Waals surface area contributed by atoms with Crippen molar-refractivity contribution in [3.63, 3.8) is 0 Å². The van der Waals surface area contributed by atoms with Gasteiger partial charge in [-0.25, -0.2) is 8.78 Å². The fourth-order valence-corrected chi connectivity index (χ4v) is 1.79. The molecular weight excluding hydrogens is 214 g/mol. The number of benzene rings is 1. The van der Waals surface area contributed by atoms with Gasteiger partial charge >= 0.3 is 0 Å². The van der Waals surface area contributed by atoms with Crippen LogP contribution in [0.4, 0.5) is 20.2 Å². The van der Waals surface area contributed by atoms with Crippen LogP contribution in [-0.4, -0.2) is 19.5 Å². The zero-order chi connectivity index (χ0) is 11.9. The molecule has 1 heterocycles. The second kappa shape index (κ2) is 3.73. The number of carbonyl (C=O) groups excluding carboxylic acids is 1. The minimum Gasteiger partial charge on any atom is -0.380 e. The third-order valence-electron chi connectivity index (χ3n) is 2.73. The van der Waals surface area contributed by atoms with Gasteiger partial charge in [-0.1, -0.05) is 6.92 Å². The average Bonchev–Trinajstić information content (AvgIpc) is 2.32. The van der Waals surface area contributed by atoms with Gasteiger partial charge in [-0.05, 0) is 6.07 Å². The van der Waals surface area contributed by atoms with Crippen molar-refractivity contribution in [3.8, 4) is 0 Å². The molecule has 1 atom stereocenters. The van der Waals surface area contributed by atoms with Crippen molar-refractivity contribution in [2.45, 2.75) is 6.92 Å². The molecule has 16 heavy (non-hydrogen) atoms. The van der Waals surface area contributed by atoms with Gasteiger partial charge in [0.1, 0.15) is 5.82 Å². The van der Waals surface area contributed by atoms with Crippen molar-refractivity contribution in [3.05, 3.63) is 23.8 Å². The number of hydrogen-bond acceptors (Lipinski definition) is 2. The predicted octanol–water partition coefficient (Wildman–Crippen LogP) is 1.99. The maximum atomic E-state index is 13.5. The van der Waals surface area contributed by atoms with E-state index in [-0.39, 0.29) is 23.2 Å². The van der Waals surface area contributed by atoms with Crippen molar-refractivity contribution >= 4 is 17.3 Å². The zero-order valence-electron chi connectivity index (χ0n) is 9.05. The molecule has 0 spiro atoms. The van der Waals surface area contributed by atoms with Crippen LogP contribution in [0.3, 0.4) is 0 Å². The first-order valence-electron chi connectivity index (χ1n) is 5.01. The average molecular weight is 226 g/mol. The summed E-state index contributed by atoms with van der Waals surface area (Å²) in [6.07, 6.45) is 0. The molecule has 0 bridgehead atoms. The maximum absolute atomic E-state index is 13.5. The largest absolute Gasteiger partial charge is 0.380 e. The Morgan fingerprint density at radius 1 is 1.44 bits per heavy atom. The van der Waals surface area contributed by atoms with Crippen LogP contribution >= 0.6 is 0 Å². The van der Waals surface area contributed by atoms with E-state index in [0.29, 0.717) is 6.54 Å². The van der Waals surface area contributed by atoms with Crippen molar-refractivity contribution in [2.75, 3.05) is 23.8 Å². The number of rotatable bonds is 0. The van der Waals surface area contributed by atoms with Crippen molar-refractivity contribution in [1.82, 2.24) is 0 Å². The topological polar surface area (TPSA) is 32.3 Å². The molecule has 3 nitrogen and oxygen atoms in total. The van der Waals surface area contributed by atoms with E-state index in [1.807, 2.05) is 0 Å². The summed E-state index contributed by atoms with van der Waals surface area (Å²) in [5.74, 6) is -1.79. The number of anilines is 2. The van der Waals surface area contributed by atoms with Crippen molar-refractivity contribution < 1.29 is 13.6 Å². The summed E-state index contributed by atoms with van der Waals surface area (Å²) < 4.78 is 26.6. The Balaban J connectivity index is 2.57. The Hall–Kier alpha value is -1.65. The fourth-order valence-electron chi connectivity index (χ4n) is 1.79. The highest BCUT2D eigenvalue weighted by Gasteiger charge is 2.26. The van der Waals surface area contributed by atoms with E-state index in [0.717, 1.165) is 12.1 Å². The Labute approximate surface area is 92.1 Å². The van der Waals surface area contributed by atoms with Gasteiger partial charge in [-0.2, -0.15) is 0 Å². The quantitative estimate of drug-likeness (QED) is 0.733. The summed E-state index contributed by atoms with van der Waals surface area (Å²) in [5.41, 5.74) is 0.424. The molecule has 1 aliphatic rings. The summed E-state index contributed by atoms with van der Waals surface area (Å²) in [5, 5.41) is 2.83. The molecule has 2 rings (SSSR count). The lowest BCUT2D eigenvalue weighted by Crippen LogP contribution is -2.31. The monoisotopic (exact) mass is 226 g/mol. The molecule has 0 saturated carbocycles. The summed E-state index contributed by atoms with van der Waals surface area (Å²) in [6.45, 7) is 2.09. The molecule has 0 aromatic heterocycles. The Morgan fingerprint density at radius 3 is 2.81 bits per heavy atom. The third-order valence-corrected chi connectivity index (χ3v) is 2.73. The van der Waals surface area contributed by atoms with Gasteiger partial charge in [-0.15, -0.1) is 0 Å². The van der Waals surface area contributed by atoms with Crippen LogP contribution < -0.4 is 10.2 Å². The van der Waals surface area contributed by atoms with E-state index >= 15 is 0 Å². The van der Waals surface area contributed by atoms with Gasteiger partial charge in [0.15, 0.2) is 5.82 Å². The van der Waals surface area contributed by atoms with Crippen LogP contribution in [0.5, 0.6) is 0 Å². The number of carbonyl (C=O) groups is 1. The molecule has 1 aromatic rings. The number of halogens is 2. The molecular formula is C11H12F2N2O. The van der Waals surface area contributed by atoms with Gasteiger partial charge in [0.2, 0.25) is 5.91 Å². The second-order valence-corrected chi connectivity index (χ2v) is 3.96. The van der Waals surface area contributed by atoms with Gasteiger partial charge in [0, 0.05) is 19.7 Å². The van der Waals surface area contributed by atoms with Crippen LogP contribution in [0, 0.1) is 17.6 Å². The predicted molar refractivity (Wildman–Crippen MR) is 57.4 cm³/mol. The smallest absolute Gasteiger partial charge is 0.231 e. The molecule has 0 fully saturated rings. The summed E-state index contributed by atoms with van der Waals surface area (Å²) in [6, 6.07) is 1.96. The van der Waals surface area contributed by atoms with E-state index in [9.17, 15) is 13.6 Å². The molecule has 1 amide bonds. The molecule has 0 radical (unpaired) electrons. The highest BCUT2D eigenvalue weighted by atomic mass is 19.1. The van der Waals surface area contributed by atoms with E-state index in [2.05, 4.69) is 5.32 Å². The lowest BCUT2D eigenvalue weighted by atomic mass is 10.1. The number of nitrogens with zero attached hydrogens (tertiary/aromatic N) is 1. The molecule has 86 valence electrons. The first-order chi connectivity index (χ1) is 7.50. The summed E-state index contributed by atoms with van der Waals surface area (Å²) in [4.78, 5) is 13.1. The van der Waals surface area contributed by atoms with Gasteiger partial charge in [-0.3, -0.25) is 4.79 Å². The number of amides is 1. The van der Waals surface area contributed by atoms with E-state index in [1.165, 1.54) is 11.9 Å². The first kappa shape index (κ1) is 10.9. The number of hydrogen-bond donors (Lipinski definition) is 1. The zero-order valence-corrected chi connectivity index (χ0v) is 9.05. The highest BCUT2D eigenvalue weighted by molar-refractivity contribution is 5.99. The van der Waals surface area contributed by atoms with E-state index < -0.39 is 11.6 Å². The minimum absolute atomic E-state index is 0.156. The van der Waals surface area contributed by atoms with Gasteiger partial charge in [0.05, 0.1) is 17.3 Å². The molecule has 1 aromatic carbocycles. The van der Waals surface area contributed by atoms with Crippen LogP contribution in [0.2, 0.25) is 0 Å². The van der Waals surface area contributed by atoms with E-state index in [4.69, 9.17) is 0 Å². The fraction of sp³-hybridized carbons (Fsp3) is 0.364. The Morgan fingerprint density at radius 2 is 2.12 bits per heavy atom. The highest BCUT2D eigenvalue weighted by Crippen LogP contribution is 2.32. The van der Waals surface area contributed by atoms with E-state index in [1.54, 1.807) is 6.92 Å². The SMILES string of the molecule is CC1CNc2c(F)cc(F)cc2N(C)C1=O. The normalized spacial score (nSPS) is 20.1. The number of fused-ring (bicyclic) bond motifs is 1. The number of nitrogens with one attached hydrogen (secondary N) is 1. The summed E-state index contributed by atoms with van der Waals surface area (Å²) >= 11 is 0. The molecule has 1 aliphatic heterocycles. The second-order valence-electron chi connectivity index (χ2n) is 3.96. The van der Waals surface area contributed by atoms with Crippen molar-refractivity contribution in [2.24, 2.45) is 5.92 Å². The molecule has 0 saturated heterocycles. The van der Waals surface area contributed by atoms with Crippen LogP contribution in [0.1, 0.15) is 6.92 Å². The van der Waals surface area contributed by atoms with Crippen molar-refractivity contribution in [1.29, 1.82) is 0 Å². The van der Waals surface area contributed by atoms with Crippen LogP contribution in [0.15, 0.2) is 12.1 Å². The lowest BCUT2D eigenvalue weighted by Gasteiger charge is -2.18. The van der Waals surface area contributed by atoms with Gasteiger partial charge in [0.25, 0.3) is 0 Å². The standard InChI is InChI=1S/C11H12F2N2O/c1-6-5-14-10-8(13)3-7(12)4-9(10)15(2)11(6)16/h3-4,6,14H,5H2,1-2H3. The maximum Gasteiger partial charge on any atom is 0.231 e. The summed E-state index contributed by atoms with van der Waals surface area (Å²) in [7, 11) is 1.52. The Bertz CT molecular complexity index is 448. The van der Waals surface area contributed by atoms with Crippen LogP contribution in [0.25, 0.3) is 0 Å².